The molecule has 118 valence electrons. The van der Waals surface area contributed by atoms with Crippen LogP contribution in [0.4, 0.5) is 5.82 Å². The van der Waals surface area contributed by atoms with Crippen molar-refractivity contribution >= 4 is 5.82 Å². The van der Waals surface area contributed by atoms with Crippen LogP contribution >= 0.6 is 0 Å². The molecule has 0 unspecified atom stereocenters. The van der Waals surface area contributed by atoms with E-state index in [1.807, 2.05) is 24.4 Å². The van der Waals surface area contributed by atoms with Crippen LogP contribution < -0.4 is 4.90 Å². The number of rotatable bonds is 4. The van der Waals surface area contributed by atoms with E-state index in [4.69, 9.17) is 4.42 Å². The number of nitrogens with zero attached hydrogens (tertiary/aromatic N) is 7. The van der Waals surface area contributed by atoms with Crippen molar-refractivity contribution in [1.82, 2.24) is 30.2 Å². The van der Waals surface area contributed by atoms with E-state index < -0.39 is 0 Å². The smallest absolute Gasteiger partial charge is 0.239 e. The lowest BCUT2D eigenvalue weighted by Crippen LogP contribution is -2.33. The van der Waals surface area contributed by atoms with Crippen molar-refractivity contribution in [3.05, 3.63) is 48.6 Å². The Morgan fingerprint density at radius 3 is 2.61 bits per heavy atom. The van der Waals surface area contributed by atoms with E-state index in [1.165, 1.54) is 4.80 Å². The third-order valence-electron chi connectivity index (χ3n) is 4.04. The van der Waals surface area contributed by atoms with Gasteiger partial charge in [0.2, 0.25) is 11.8 Å². The Balaban J connectivity index is 1.38. The largest absolute Gasteiger partial charge is 0.423 e. The first-order valence-corrected chi connectivity index (χ1v) is 7.71. The molecule has 23 heavy (non-hydrogen) atoms. The molecule has 1 aliphatic heterocycles. The summed E-state index contributed by atoms with van der Waals surface area (Å²) in [6.45, 7) is 2.30. The summed E-state index contributed by atoms with van der Waals surface area (Å²) in [6.07, 6.45) is 7.06. The van der Waals surface area contributed by atoms with E-state index in [9.17, 15) is 0 Å². The number of hydrogen-bond acceptors (Lipinski definition) is 7. The Bertz CT molecular complexity index is 732. The van der Waals surface area contributed by atoms with Gasteiger partial charge >= 0.3 is 0 Å². The lowest BCUT2D eigenvalue weighted by atomic mass is 9.97. The Morgan fingerprint density at radius 2 is 1.87 bits per heavy atom. The van der Waals surface area contributed by atoms with Crippen molar-refractivity contribution in [2.24, 2.45) is 0 Å². The molecule has 0 aromatic carbocycles. The van der Waals surface area contributed by atoms with Crippen LogP contribution in [0.3, 0.4) is 0 Å². The van der Waals surface area contributed by atoms with Crippen LogP contribution in [0, 0.1) is 0 Å². The van der Waals surface area contributed by atoms with Gasteiger partial charge in [-0.15, -0.1) is 10.2 Å². The highest BCUT2D eigenvalue weighted by Gasteiger charge is 2.25. The molecule has 8 heteroatoms. The fourth-order valence-corrected chi connectivity index (χ4v) is 2.84. The number of pyridine rings is 1. The summed E-state index contributed by atoms with van der Waals surface area (Å²) in [5.74, 6) is 2.60. The zero-order chi connectivity index (χ0) is 15.5. The third-order valence-corrected chi connectivity index (χ3v) is 4.04. The zero-order valence-corrected chi connectivity index (χ0v) is 12.6. The van der Waals surface area contributed by atoms with Crippen LogP contribution in [0.2, 0.25) is 0 Å². The second kappa shape index (κ2) is 6.15. The van der Waals surface area contributed by atoms with E-state index in [2.05, 4.69) is 30.3 Å². The molecule has 1 saturated heterocycles. The topological polar surface area (TPSA) is 85.8 Å². The number of aromatic nitrogens is 6. The molecular weight excluding hydrogens is 294 g/mol. The highest BCUT2D eigenvalue weighted by Crippen LogP contribution is 2.28. The van der Waals surface area contributed by atoms with Gasteiger partial charge in [-0.3, -0.25) is 0 Å². The summed E-state index contributed by atoms with van der Waals surface area (Å²) in [5.41, 5.74) is 0. The summed E-state index contributed by atoms with van der Waals surface area (Å²) < 4.78 is 5.78. The quantitative estimate of drug-likeness (QED) is 0.721. The highest BCUT2D eigenvalue weighted by atomic mass is 16.4. The fourth-order valence-electron chi connectivity index (χ4n) is 2.84. The molecule has 0 aliphatic carbocycles. The molecule has 0 amide bonds. The van der Waals surface area contributed by atoms with Crippen LogP contribution in [-0.4, -0.2) is 43.3 Å². The van der Waals surface area contributed by atoms with E-state index in [0.29, 0.717) is 24.2 Å². The van der Waals surface area contributed by atoms with Gasteiger partial charge < -0.3 is 9.32 Å². The lowest BCUT2D eigenvalue weighted by Gasteiger charge is -2.31. The number of piperidine rings is 1. The minimum atomic E-state index is 0.307. The monoisotopic (exact) mass is 311 g/mol. The van der Waals surface area contributed by atoms with E-state index >= 15 is 0 Å². The first-order chi connectivity index (χ1) is 11.4. The van der Waals surface area contributed by atoms with Crippen molar-refractivity contribution in [1.29, 1.82) is 0 Å². The van der Waals surface area contributed by atoms with Crippen LogP contribution in [0.1, 0.15) is 30.5 Å². The molecule has 4 rings (SSSR count). The summed E-state index contributed by atoms with van der Waals surface area (Å²) >= 11 is 0. The molecule has 3 aromatic rings. The summed E-state index contributed by atoms with van der Waals surface area (Å²) in [4.78, 5) is 8.23. The number of anilines is 1. The summed E-state index contributed by atoms with van der Waals surface area (Å²) in [7, 11) is 0. The molecule has 0 spiro atoms. The number of hydrogen-bond donors (Lipinski definition) is 0. The molecule has 0 radical (unpaired) electrons. The van der Waals surface area contributed by atoms with Gasteiger partial charge in [0, 0.05) is 25.2 Å². The Hall–Kier alpha value is -2.77. The van der Waals surface area contributed by atoms with E-state index in [-0.39, 0.29) is 0 Å². The van der Waals surface area contributed by atoms with Gasteiger partial charge in [0.05, 0.1) is 12.4 Å². The molecular formula is C15H17N7O. The zero-order valence-electron chi connectivity index (χ0n) is 12.6. The predicted octanol–water partition coefficient (Wildman–Crippen LogP) is 1.49. The van der Waals surface area contributed by atoms with Crippen molar-refractivity contribution in [2.75, 3.05) is 18.0 Å². The molecule has 0 N–H and O–H groups in total. The van der Waals surface area contributed by atoms with Crippen LogP contribution in [-0.2, 0) is 6.54 Å². The van der Waals surface area contributed by atoms with Gasteiger partial charge in [0.25, 0.3) is 0 Å². The average molecular weight is 311 g/mol. The summed E-state index contributed by atoms with van der Waals surface area (Å²) in [5, 5.41) is 16.4. The van der Waals surface area contributed by atoms with Crippen LogP contribution in [0.25, 0.3) is 0 Å². The van der Waals surface area contributed by atoms with Crippen LogP contribution in [0.15, 0.2) is 41.2 Å². The summed E-state index contributed by atoms with van der Waals surface area (Å²) in [6, 6.07) is 5.99. The van der Waals surface area contributed by atoms with Gasteiger partial charge in [0.1, 0.15) is 12.4 Å². The second-order valence-corrected chi connectivity index (χ2v) is 5.54. The Morgan fingerprint density at radius 1 is 1.04 bits per heavy atom. The van der Waals surface area contributed by atoms with E-state index in [0.717, 1.165) is 31.7 Å². The molecule has 0 saturated carbocycles. The maximum Gasteiger partial charge on any atom is 0.239 e. The molecule has 4 heterocycles. The molecule has 0 bridgehead atoms. The third kappa shape index (κ3) is 3.05. The average Bonchev–Trinajstić information content (AvgIpc) is 3.28. The van der Waals surface area contributed by atoms with Gasteiger partial charge in [-0.25, -0.2) is 4.98 Å². The molecule has 1 aliphatic rings. The van der Waals surface area contributed by atoms with E-state index in [1.54, 1.807) is 12.4 Å². The minimum Gasteiger partial charge on any atom is -0.423 e. The van der Waals surface area contributed by atoms with Gasteiger partial charge in [-0.2, -0.15) is 15.0 Å². The predicted molar refractivity (Wildman–Crippen MR) is 81.8 cm³/mol. The van der Waals surface area contributed by atoms with Crippen molar-refractivity contribution in [3.8, 4) is 0 Å². The second-order valence-electron chi connectivity index (χ2n) is 5.54. The van der Waals surface area contributed by atoms with Crippen LogP contribution in [0.5, 0.6) is 0 Å². The Kier molecular flexibility index (Phi) is 3.71. The van der Waals surface area contributed by atoms with Gasteiger partial charge in [-0.05, 0) is 25.0 Å². The molecule has 8 nitrogen and oxygen atoms in total. The molecule has 0 atom stereocenters. The lowest BCUT2D eigenvalue weighted by molar-refractivity contribution is 0.363. The maximum atomic E-state index is 5.78. The standard InChI is InChI=1S/C15H17N7O/c1-2-6-16-13(3-1)21-9-4-12(5-10-21)15-20-19-14(23-15)11-22-17-7-8-18-22/h1-3,6-8,12H,4-5,9-11H2. The Labute approximate surface area is 133 Å². The maximum absolute atomic E-state index is 5.78. The van der Waals surface area contributed by atoms with Crippen molar-refractivity contribution < 1.29 is 4.42 Å². The van der Waals surface area contributed by atoms with Crippen molar-refractivity contribution in [3.63, 3.8) is 0 Å². The minimum absolute atomic E-state index is 0.307. The first kappa shape index (κ1) is 13.9. The SMILES string of the molecule is c1ccc(N2CCC(c3nnc(Cn4nccn4)o3)CC2)nc1. The molecule has 3 aromatic heterocycles. The normalized spacial score (nSPS) is 15.9. The highest BCUT2D eigenvalue weighted by molar-refractivity contribution is 5.38. The fraction of sp³-hybridized carbons (Fsp3) is 0.400. The van der Waals surface area contributed by atoms with Gasteiger partial charge in [0.15, 0.2) is 0 Å². The molecule has 1 fully saturated rings. The first-order valence-electron chi connectivity index (χ1n) is 7.71. The van der Waals surface area contributed by atoms with Gasteiger partial charge in [-0.1, -0.05) is 6.07 Å². The van der Waals surface area contributed by atoms with Crippen molar-refractivity contribution in [2.45, 2.75) is 25.3 Å².